The van der Waals surface area contributed by atoms with Crippen LogP contribution in [-0.2, 0) is 6.54 Å². The molecule has 128 valence electrons. The summed E-state index contributed by atoms with van der Waals surface area (Å²) in [5.41, 5.74) is 0.971. The number of benzene rings is 1. The molecule has 1 aromatic heterocycles. The number of amides is 1. The van der Waals surface area contributed by atoms with Crippen molar-refractivity contribution in [2.24, 2.45) is 0 Å². The molecule has 2 aromatic rings. The Bertz CT molecular complexity index is 770. The predicted molar refractivity (Wildman–Crippen MR) is 92.3 cm³/mol. The third-order valence-electron chi connectivity index (χ3n) is 4.01. The smallest absolute Gasteiger partial charge is 0.274 e. The lowest BCUT2D eigenvalue weighted by atomic mass is 10.1. The molecule has 6 nitrogen and oxygen atoms in total. The standard InChI is InChI=1S/C18H23N3O3/c1-5-12-21-17(22)11-10-15(19-21)18(23)20(3)13(2)14-8-6-7-9-16(14)24-4/h6-11,13H,5,12H2,1-4H3/t13-/m1/s1. The largest absolute Gasteiger partial charge is 0.496 e. The zero-order chi connectivity index (χ0) is 17.7. The number of methoxy groups -OCH3 is 1. The fraction of sp³-hybridized carbons (Fsp3) is 0.389. The number of aryl methyl sites for hydroxylation is 1. The van der Waals surface area contributed by atoms with Crippen molar-refractivity contribution in [3.05, 3.63) is 58.0 Å². The Kier molecular flexibility index (Phi) is 5.73. The van der Waals surface area contributed by atoms with E-state index >= 15 is 0 Å². The van der Waals surface area contributed by atoms with Crippen LogP contribution in [-0.4, -0.2) is 34.7 Å². The zero-order valence-corrected chi connectivity index (χ0v) is 14.5. The van der Waals surface area contributed by atoms with E-state index in [0.717, 1.165) is 17.7 Å². The number of rotatable bonds is 6. The van der Waals surface area contributed by atoms with E-state index in [2.05, 4.69) is 5.10 Å². The van der Waals surface area contributed by atoms with E-state index in [1.54, 1.807) is 19.1 Å². The third kappa shape index (κ3) is 3.64. The Hall–Kier alpha value is -2.63. The van der Waals surface area contributed by atoms with Gasteiger partial charge in [-0.2, -0.15) is 5.10 Å². The van der Waals surface area contributed by atoms with Crippen molar-refractivity contribution in [2.45, 2.75) is 32.9 Å². The van der Waals surface area contributed by atoms with E-state index in [-0.39, 0.29) is 23.2 Å². The van der Waals surface area contributed by atoms with E-state index in [1.807, 2.05) is 38.1 Å². The number of ether oxygens (including phenoxy) is 1. The maximum atomic E-state index is 12.7. The maximum absolute atomic E-state index is 12.7. The summed E-state index contributed by atoms with van der Waals surface area (Å²) in [4.78, 5) is 26.1. The van der Waals surface area contributed by atoms with Gasteiger partial charge in [-0.3, -0.25) is 9.59 Å². The predicted octanol–water partition coefficient (Wildman–Crippen LogP) is 2.50. The summed E-state index contributed by atoms with van der Waals surface area (Å²) in [7, 11) is 3.33. The molecule has 6 heteroatoms. The van der Waals surface area contributed by atoms with Gasteiger partial charge in [-0.15, -0.1) is 0 Å². The van der Waals surface area contributed by atoms with Crippen LogP contribution in [0, 0.1) is 0 Å². The molecule has 0 fully saturated rings. The van der Waals surface area contributed by atoms with Crippen LogP contribution in [0.15, 0.2) is 41.2 Å². The van der Waals surface area contributed by atoms with Gasteiger partial charge in [0.2, 0.25) is 0 Å². The quantitative estimate of drug-likeness (QED) is 0.817. The molecule has 0 N–H and O–H groups in total. The number of aromatic nitrogens is 2. The first-order valence-electron chi connectivity index (χ1n) is 7.97. The Morgan fingerprint density at radius 3 is 2.67 bits per heavy atom. The van der Waals surface area contributed by atoms with Crippen LogP contribution in [0.3, 0.4) is 0 Å². The van der Waals surface area contributed by atoms with Gasteiger partial charge in [0.05, 0.1) is 13.2 Å². The minimum absolute atomic E-state index is 0.193. The van der Waals surface area contributed by atoms with E-state index in [4.69, 9.17) is 4.74 Å². The lowest BCUT2D eigenvalue weighted by Gasteiger charge is -2.26. The molecular formula is C18H23N3O3. The first-order chi connectivity index (χ1) is 11.5. The Morgan fingerprint density at radius 2 is 2.00 bits per heavy atom. The number of carbonyl (C=O) groups excluding carboxylic acids is 1. The summed E-state index contributed by atoms with van der Waals surface area (Å²) in [6.45, 7) is 4.38. The first kappa shape index (κ1) is 17.7. The summed E-state index contributed by atoms with van der Waals surface area (Å²) in [6.07, 6.45) is 0.776. The van der Waals surface area contributed by atoms with Gasteiger partial charge in [-0.1, -0.05) is 25.1 Å². The van der Waals surface area contributed by atoms with E-state index < -0.39 is 0 Å². The molecule has 0 saturated heterocycles. The molecule has 0 aliphatic carbocycles. The highest BCUT2D eigenvalue weighted by Crippen LogP contribution is 2.28. The molecule has 1 amide bonds. The van der Waals surface area contributed by atoms with Crippen LogP contribution >= 0.6 is 0 Å². The zero-order valence-electron chi connectivity index (χ0n) is 14.5. The SMILES string of the molecule is CCCn1nc(C(=O)N(C)[C@H](C)c2ccccc2OC)ccc1=O. The second-order valence-corrected chi connectivity index (χ2v) is 5.61. The van der Waals surface area contributed by atoms with Gasteiger partial charge >= 0.3 is 0 Å². The number of hydrogen-bond acceptors (Lipinski definition) is 4. The summed E-state index contributed by atoms with van der Waals surface area (Å²) in [5, 5.41) is 4.18. The highest BCUT2D eigenvalue weighted by molar-refractivity contribution is 5.92. The van der Waals surface area contributed by atoms with Gasteiger partial charge in [0, 0.05) is 25.2 Å². The average Bonchev–Trinajstić information content (AvgIpc) is 2.61. The number of nitrogens with zero attached hydrogens (tertiary/aromatic N) is 3. The van der Waals surface area contributed by atoms with Crippen molar-refractivity contribution >= 4 is 5.91 Å². The lowest BCUT2D eigenvalue weighted by molar-refractivity contribution is 0.0732. The number of hydrogen-bond donors (Lipinski definition) is 0. The van der Waals surface area contributed by atoms with Crippen molar-refractivity contribution in [1.82, 2.24) is 14.7 Å². The Morgan fingerprint density at radius 1 is 1.29 bits per heavy atom. The molecule has 2 rings (SSSR count). The molecule has 1 heterocycles. The summed E-state index contributed by atoms with van der Waals surface area (Å²) >= 11 is 0. The lowest BCUT2D eigenvalue weighted by Crippen LogP contribution is -2.33. The minimum atomic E-state index is -0.238. The third-order valence-corrected chi connectivity index (χ3v) is 4.01. The molecule has 24 heavy (non-hydrogen) atoms. The molecule has 1 atom stereocenters. The molecule has 0 radical (unpaired) electrons. The van der Waals surface area contributed by atoms with Gasteiger partial charge in [0.25, 0.3) is 11.5 Å². The normalized spacial score (nSPS) is 11.8. The second-order valence-electron chi connectivity index (χ2n) is 5.61. The van der Waals surface area contributed by atoms with Gasteiger partial charge in [-0.25, -0.2) is 4.68 Å². The maximum Gasteiger partial charge on any atom is 0.274 e. The molecule has 1 aromatic carbocycles. The van der Waals surface area contributed by atoms with Gasteiger partial charge < -0.3 is 9.64 Å². The van der Waals surface area contributed by atoms with Crippen LogP contribution in [0.25, 0.3) is 0 Å². The van der Waals surface area contributed by atoms with E-state index in [1.165, 1.54) is 16.8 Å². The van der Waals surface area contributed by atoms with Crippen molar-refractivity contribution in [2.75, 3.05) is 14.2 Å². The molecule has 0 unspecified atom stereocenters. The van der Waals surface area contributed by atoms with Crippen LogP contribution in [0.4, 0.5) is 0 Å². The Labute approximate surface area is 141 Å². The highest BCUT2D eigenvalue weighted by Gasteiger charge is 2.22. The molecule has 0 saturated carbocycles. The molecule has 0 spiro atoms. The average molecular weight is 329 g/mol. The van der Waals surface area contributed by atoms with E-state index in [0.29, 0.717) is 6.54 Å². The summed E-state index contributed by atoms with van der Waals surface area (Å²) in [6, 6.07) is 10.3. The highest BCUT2D eigenvalue weighted by atomic mass is 16.5. The topological polar surface area (TPSA) is 64.4 Å². The molecule has 0 bridgehead atoms. The number of para-hydroxylation sites is 1. The van der Waals surface area contributed by atoms with Crippen molar-refractivity contribution in [1.29, 1.82) is 0 Å². The first-order valence-corrected chi connectivity index (χ1v) is 7.97. The van der Waals surface area contributed by atoms with E-state index in [9.17, 15) is 9.59 Å². The molecule has 0 aliphatic heterocycles. The summed E-state index contributed by atoms with van der Waals surface area (Å²) < 4.78 is 6.70. The molecule has 0 aliphatic rings. The molecular weight excluding hydrogens is 306 g/mol. The van der Waals surface area contributed by atoms with Gasteiger partial charge in [-0.05, 0) is 25.5 Å². The number of carbonyl (C=O) groups is 1. The van der Waals surface area contributed by atoms with Crippen LogP contribution in [0.1, 0.15) is 42.4 Å². The van der Waals surface area contributed by atoms with Crippen molar-refractivity contribution < 1.29 is 9.53 Å². The van der Waals surface area contributed by atoms with Crippen molar-refractivity contribution in [3.8, 4) is 5.75 Å². The van der Waals surface area contributed by atoms with Crippen LogP contribution in [0.2, 0.25) is 0 Å². The van der Waals surface area contributed by atoms with Gasteiger partial charge in [0.15, 0.2) is 0 Å². The van der Waals surface area contributed by atoms with Gasteiger partial charge in [0.1, 0.15) is 11.4 Å². The second kappa shape index (κ2) is 7.77. The fourth-order valence-corrected chi connectivity index (χ4v) is 2.51. The fourth-order valence-electron chi connectivity index (χ4n) is 2.51. The van der Waals surface area contributed by atoms with Crippen LogP contribution < -0.4 is 10.3 Å². The monoisotopic (exact) mass is 329 g/mol. The van der Waals surface area contributed by atoms with Crippen LogP contribution in [0.5, 0.6) is 5.75 Å². The summed E-state index contributed by atoms with van der Waals surface area (Å²) in [5.74, 6) is 0.492. The van der Waals surface area contributed by atoms with Crippen molar-refractivity contribution in [3.63, 3.8) is 0 Å². The Balaban J connectivity index is 2.29. The minimum Gasteiger partial charge on any atom is -0.496 e.